The maximum Gasteiger partial charge on any atom is 0.147 e. The number of halogens is 1. The summed E-state index contributed by atoms with van der Waals surface area (Å²) >= 11 is 3.48. The van der Waals surface area contributed by atoms with Crippen LogP contribution in [0, 0.1) is 6.92 Å². The van der Waals surface area contributed by atoms with Crippen LogP contribution in [0.15, 0.2) is 77.4 Å². The lowest BCUT2D eigenvalue weighted by Gasteiger charge is -2.22. The van der Waals surface area contributed by atoms with Crippen LogP contribution >= 0.6 is 15.9 Å². The number of aromatic hydroxyl groups is 1. The first kappa shape index (κ1) is 17.5. The van der Waals surface area contributed by atoms with E-state index in [1.807, 2.05) is 73.7 Å². The molecule has 4 nitrogen and oxygen atoms in total. The average molecular weight is 420 g/mol. The van der Waals surface area contributed by atoms with E-state index in [0.717, 1.165) is 32.5 Å². The lowest BCUT2D eigenvalue weighted by Crippen LogP contribution is -2.13. The number of nitrogens with one attached hydrogen (secondary N) is 1. The molecule has 27 heavy (non-hydrogen) atoms. The van der Waals surface area contributed by atoms with Crippen LogP contribution in [0.1, 0.15) is 22.9 Å². The van der Waals surface area contributed by atoms with Crippen molar-refractivity contribution in [3.05, 3.63) is 94.2 Å². The van der Waals surface area contributed by atoms with E-state index in [9.17, 15) is 5.11 Å². The zero-order valence-electron chi connectivity index (χ0n) is 14.7. The van der Waals surface area contributed by atoms with Gasteiger partial charge in [0.2, 0.25) is 0 Å². The molecule has 134 valence electrons. The van der Waals surface area contributed by atoms with Crippen LogP contribution in [0.4, 0.5) is 5.82 Å². The zero-order valence-corrected chi connectivity index (χ0v) is 16.3. The molecule has 0 saturated carbocycles. The Hall–Kier alpha value is -2.92. The smallest absolute Gasteiger partial charge is 0.147 e. The van der Waals surface area contributed by atoms with E-state index >= 15 is 0 Å². The minimum atomic E-state index is -0.264. The molecule has 0 aliphatic rings. The summed E-state index contributed by atoms with van der Waals surface area (Å²) < 4.78 is 1.00. The second-order valence-corrected chi connectivity index (χ2v) is 7.29. The Kier molecular flexibility index (Phi) is 4.77. The molecular formula is C22H18BrN3O. The molecule has 0 aliphatic carbocycles. The highest BCUT2D eigenvalue weighted by Crippen LogP contribution is 2.36. The van der Waals surface area contributed by atoms with Crippen LogP contribution in [0.2, 0.25) is 0 Å². The molecule has 0 unspecified atom stereocenters. The van der Waals surface area contributed by atoms with Crippen molar-refractivity contribution in [2.24, 2.45) is 0 Å². The van der Waals surface area contributed by atoms with Crippen molar-refractivity contribution in [2.75, 3.05) is 5.32 Å². The van der Waals surface area contributed by atoms with Crippen LogP contribution in [0.3, 0.4) is 0 Å². The molecule has 0 amide bonds. The molecule has 4 rings (SSSR count). The summed E-state index contributed by atoms with van der Waals surface area (Å²) in [4.78, 5) is 8.91. The van der Waals surface area contributed by atoms with Gasteiger partial charge in [0, 0.05) is 27.3 Å². The zero-order chi connectivity index (χ0) is 18.8. The number of anilines is 1. The third-order valence-electron chi connectivity index (χ3n) is 4.48. The normalized spacial score (nSPS) is 12.1. The summed E-state index contributed by atoms with van der Waals surface area (Å²) in [6, 6.07) is 21.3. The fourth-order valence-electron chi connectivity index (χ4n) is 3.11. The van der Waals surface area contributed by atoms with Gasteiger partial charge in [0.15, 0.2) is 0 Å². The Morgan fingerprint density at radius 2 is 1.74 bits per heavy atom. The van der Waals surface area contributed by atoms with Crippen molar-refractivity contribution in [1.82, 2.24) is 9.97 Å². The van der Waals surface area contributed by atoms with Gasteiger partial charge in [-0.2, -0.15) is 0 Å². The van der Waals surface area contributed by atoms with Crippen LogP contribution in [0.5, 0.6) is 5.75 Å². The number of phenols is 1. The molecule has 5 heteroatoms. The number of nitrogens with zero attached hydrogens (tertiary/aromatic N) is 2. The van der Waals surface area contributed by atoms with E-state index < -0.39 is 0 Å². The fourth-order valence-corrected chi connectivity index (χ4v) is 3.38. The summed E-state index contributed by atoms with van der Waals surface area (Å²) in [7, 11) is 0. The molecule has 2 aromatic heterocycles. The number of aryl methyl sites for hydroxylation is 1. The van der Waals surface area contributed by atoms with Gasteiger partial charge in [0.25, 0.3) is 0 Å². The molecule has 2 aromatic carbocycles. The predicted octanol–water partition coefficient (Wildman–Crippen LogP) is 5.61. The first-order chi connectivity index (χ1) is 13.1. The lowest BCUT2D eigenvalue weighted by atomic mass is 9.96. The quantitative estimate of drug-likeness (QED) is 0.451. The van der Waals surface area contributed by atoms with E-state index in [1.165, 1.54) is 0 Å². The number of hydrogen-bond donors (Lipinski definition) is 2. The second kappa shape index (κ2) is 7.37. The number of aromatic nitrogens is 2. The molecule has 0 aliphatic heterocycles. The van der Waals surface area contributed by atoms with Gasteiger partial charge >= 0.3 is 0 Å². The van der Waals surface area contributed by atoms with Gasteiger partial charge in [-0.05, 0) is 42.8 Å². The highest BCUT2D eigenvalue weighted by atomic mass is 79.9. The number of rotatable bonds is 4. The Bertz CT molecular complexity index is 1080. The average Bonchev–Trinajstić information content (AvgIpc) is 2.69. The number of hydrogen-bond acceptors (Lipinski definition) is 4. The van der Waals surface area contributed by atoms with Crippen molar-refractivity contribution in [2.45, 2.75) is 13.0 Å². The standard InChI is InChI=1S/C22H18BrN3O/c1-14-5-6-16-9-12-18(22(27)21(16)25-14)20(15-7-10-17(23)11-8-15)26-19-4-2-3-13-24-19/h2-13,20,27H,1H3,(H,24,26)/t20-/m1/s1. The molecule has 0 radical (unpaired) electrons. The summed E-state index contributed by atoms with van der Waals surface area (Å²) in [5, 5.41) is 15.4. The monoisotopic (exact) mass is 419 g/mol. The summed E-state index contributed by atoms with van der Waals surface area (Å²) in [5.41, 5.74) is 3.25. The lowest BCUT2D eigenvalue weighted by molar-refractivity contribution is 0.471. The molecule has 0 bridgehead atoms. The van der Waals surface area contributed by atoms with Crippen molar-refractivity contribution in [3.63, 3.8) is 0 Å². The molecule has 4 aromatic rings. The minimum Gasteiger partial charge on any atom is -0.505 e. The molecule has 0 fully saturated rings. The topological polar surface area (TPSA) is 58.0 Å². The maximum absolute atomic E-state index is 11.0. The van der Waals surface area contributed by atoms with Gasteiger partial charge in [0.05, 0.1) is 6.04 Å². The Morgan fingerprint density at radius 3 is 2.48 bits per heavy atom. The molecule has 1 atom stereocenters. The van der Waals surface area contributed by atoms with Gasteiger partial charge in [-0.25, -0.2) is 9.97 Å². The Labute approximate surface area is 166 Å². The summed E-state index contributed by atoms with van der Waals surface area (Å²) in [6.07, 6.45) is 1.74. The van der Waals surface area contributed by atoms with Crippen molar-refractivity contribution in [3.8, 4) is 5.75 Å². The van der Waals surface area contributed by atoms with Crippen LogP contribution < -0.4 is 5.32 Å². The van der Waals surface area contributed by atoms with Crippen molar-refractivity contribution < 1.29 is 5.11 Å². The third kappa shape index (κ3) is 3.64. The highest BCUT2D eigenvalue weighted by molar-refractivity contribution is 9.10. The van der Waals surface area contributed by atoms with E-state index in [2.05, 4.69) is 31.2 Å². The highest BCUT2D eigenvalue weighted by Gasteiger charge is 2.20. The molecule has 0 saturated heterocycles. The molecule has 2 heterocycles. The molecule has 0 spiro atoms. The van der Waals surface area contributed by atoms with E-state index in [-0.39, 0.29) is 11.8 Å². The Morgan fingerprint density at radius 1 is 0.963 bits per heavy atom. The van der Waals surface area contributed by atoms with Gasteiger partial charge < -0.3 is 10.4 Å². The van der Waals surface area contributed by atoms with Crippen LogP contribution in [-0.4, -0.2) is 15.1 Å². The van der Waals surface area contributed by atoms with Crippen molar-refractivity contribution >= 4 is 32.7 Å². The second-order valence-electron chi connectivity index (χ2n) is 6.37. The van der Waals surface area contributed by atoms with Crippen LogP contribution in [0.25, 0.3) is 10.9 Å². The minimum absolute atomic E-state index is 0.188. The fraction of sp³-hybridized carbons (Fsp3) is 0.0909. The summed E-state index contributed by atoms with van der Waals surface area (Å²) in [5.74, 6) is 0.926. The van der Waals surface area contributed by atoms with Gasteiger partial charge in [0.1, 0.15) is 17.1 Å². The predicted molar refractivity (Wildman–Crippen MR) is 112 cm³/mol. The first-order valence-electron chi connectivity index (χ1n) is 8.64. The first-order valence-corrected chi connectivity index (χ1v) is 9.43. The number of fused-ring (bicyclic) bond motifs is 1. The SMILES string of the molecule is Cc1ccc2ccc([C@H](Nc3ccccn3)c3ccc(Br)cc3)c(O)c2n1. The van der Waals surface area contributed by atoms with Crippen molar-refractivity contribution in [1.29, 1.82) is 0 Å². The van der Waals surface area contributed by atoms with E-state index in [1.54, 1.807) is 6.20 Å². The van der Waals surface area contributed by atoms with Gasteiger partial charge in [-0.1, -0.05) is 52.3 Å². The molecular weight excluding hydrogens is 402 g/mol. The third-order valence-corrected chi connectivity index (χ3v) is 5.01. The van der Waals surface area contributed by atoms with E-state index in [0.29, 0.717) is 5.52 Å². The van der Waals surface area contributed by atoms with Crippen LogP contribution in [-0.2, 0) is 0 Å². The van der Waals surface area contributed by atoms with E-state index in [4.69, 9.17) is 0 Å². The molecule has 2 N–H and O–H groups in total. The maximum atomic E-state index is 11.0. The number of benzene rings is 2. The number of pyridine rings is 2. The largest absolute Gasteiger partial charge is 0.505 e. The summed E-state index contributed by atoms with van der Waals surface area (Å²) in [6.45, 7) is 1.92. The Balaban J connectivity index is 1.86. The van der Waals surface area contributed by atoms with Gasteiger partial charge in [-0.15, -0.1) is 0 Å². The van der Waals surface area contributed by atoms with Gasteiger partial charge in [-0.3, -0.25) is 0 Å². The number of phenolic OH excluding ortho intramolecular Hbond substituents is 1.